The number of nitrogens with one attached hydrogen (secondary N) is 2. The SMILES string of the molecule is CCOCCN(C)C(=O)CC[C@@H](C=O)NC(=O)[C@H](CC1CCCCC1)NC(=O)OCc1cccc(Cl)c1. The molecule has 1 fully saturated rings. The first-order valence-corrected chi connectivity index (χ1v) is 13.4. The zero-order valence-corrected chi connectivity index (χ0v) is 22.6. The highest BCUT2D eigenvalue weighted by Gasteiger charge is 2.28. The molecule has 0 radical (unpaired) electrons. The molecule has 206 valence electrons. The number of halogens is 1. The van der Waals surface area contributed by atoms with Crippen molar-refractivity contribution in [2.45, 2.75) is 77.0 Å². The number of amides is 3. The Hall–Kier alpha value is -2.65. The summed E-state index contributed by atoms with van der Waals surface area (Å²) in [5.41, 5.74) is 0.729. The maximum Gasteiger partial charge on any atom is 0.408 e. The number of benzene rings is 1. The second-order valence-electron chi connectivity index (χ2n) is 9.44. The highest BCUT2D eigenvalue weighted by molar-refractivity contribution is 6.30. The molecule has 1 aliphatic carbocycles. The summed E-state index contributed by atoms with van der Waals surface area (Å²) in [4.78, 5) is 51.2. The lowest BCUT2D eigenvalue weighted by Gasteiger charge is -2.27. The van der Waals surface area contributed by atoms with Crippen LogP contribution in [-0.4, -0.2) is 68.0 Å². The Bertz CT molecular complexity index is 877. The lowest BCUT2D eigenvalue weighted by molar-refractivity contribution is -0.131. The Kier molecular flexibility index (Phi) is 14.0. The zero-order valence-electron chi connectivity index (χ0n) is 21.9. The third kappa shape index (κ3) is 12.0. The maximum atomic E-state index is 13.1. The van der Waals surface area contributed by atoms with Gasteiger partial charge in [-0.3, -0.25) is 9.59 Å². The molecule has 0 bridgehead atoms. The van der Waals surface area contributed by atoms with Crippen LogP contribution in [-0.2, 0) is 30.5 Å². The number of alkyl carbamates (subject to hydrolysis) is 1. The number of nitrogens with zero attached hydrogens (tertiary/aromatic N) is 1. The van der Waals surface area contributed by atoms with Crippen LogP contribution in [0.5, 0.6) is 0 Å². The summed E-state index contributed by atoms with van der Waals surface area (Å²) in [6, 6.07) is 5.29. The van der Waals surface area contributed by atoms with Gasteiger partial charge in [-0.05, 0) is 43.4 Å². The van der Waals surface area contributed by atoms with Crippen molar-refractivity contribution in [2.24, 2.45) is 5.92 Å². The van der Waals surface area contributed by atoms with Crippen molar-refractivity contribution >= 4 is 35.8 Å². The number of ether oxygens (including phenoxy) is 2. The average molecular weight is 538 g/mol. The van der Waals surface area contributed by atoms with Gasteiger partial charge < -0.3 is 29.8 Å². The lowest BCUT2D eigenvalue weighted by atomic mass is 9.84. The maximum absolute atomic E-state index is 13.1. The molecule has 0 saturated heterocycles. The minimum absolute atomic E-state index is 0.0139. The van der Waals surface area contributed by atoms with Crippen molar-refractivity contribution in [3.05, 3.63) is 34.9 Å². The topological polar surface area (TPSA) is 114 Å². The highest BCUT2D eigenvalue weighted by atomic mass is 35.5. The van der Waals surface area contributed by atoms with Crippen molar-refractivity contribution in [3.8, 4) is 0 Å². The Labute approximate surface area is 224 Å². The highest BCUT2D eigenvalue weighted by Crippen LogP contribution is 2.27. The Morgan fingerprint density at radius 3 is 2.62 bits per heavy atom. The second kappa shape index (κ2) is 17.0. The summed E-state index contributed by atoms with van der Waals surface area (Å²) in [6.45, 7) is 3.37. The summed E-state index contributed by atoms with van der Waals surface area (Å²) in [6.07, 6.45) is 5.97. The molecule has 2 atom stereocenters. The molecule has 0 heterocycles. The van der Waals surface area contributed by atoms with Gasteiger partial charge in [0.05, 0.1) is 12.6 Å². The number of hydrogen-bond donors (Lipinski definition) is 2. The summed E-state index contributed by atoms with van der Waals surface area (Å²) < 4.78 is 10.6. The van der Waals surface area contributed by atoms with Crippen molar-refractivity contribution in [3.63, 3.8) is 0 Å². The van der Waals surface area contributed by atoms with Crippen molar-refractivity contribution in [1.29, 1.82) is 0 Å². The first-order chi connectivity index (χ1) is 17.8. The molecule has 1 aliphatic rings. The smallest absolute Gasteiger partial charge is 0.408 e. The van der Waals surface area contributed by atoms with E-state index in [-0.39, 0.29) is 25.4 Å². The van der Waals surface area contributed by atoms with E-state index in [2.05, 4.69) is 10.6 Å². The van der Waals surface area contributed by atoms with Gasteiger partial charge in [0, 0.05) is 31.6 Å². The van der Waals surface area contributed by atoms with Gasteiger partial charge in [-0.2, -0.15) is 0 Å². The third-order valence-electron chi connectivity index (χ3n) is 6.52. The number of rotatable bonds is 15. The van der Waals surface area contributed by atoms with E-state index in [9.17, 15) is 19.2 Å². The van der Waals surface area contributed by atoms with E-state index >= 15 is 0 Å². The zero-order chi connectivity index (χ0) is 27.0. The van der Waals surface area contributed by atoms with Crippen LogP contribution in [0, 0.1) is 5.92 Å². The average Bonchev–Trinajstić information content (AvgIpc) is 2.89. The summed E-state index contributed by atoms with van der Waals surface area (Å²) in [7, 11) is 1.68. The van der Waals surface area contributed by atoms with E-state index in [0.717, 1.165) is 31.2 Å². The van der Waals surface area contributed by atoms with Gasteiger partial charge in [-0.1, -0.05) is 55.8 Å². The van der Waals surface area contributed by atoms with Gasteiger partial charge in [-0.25, -0.2) is 4.79 Å². The summed E-state index contributed by atoms with van der Waals surface area (Å²) in [5.74, 6) is -0.296. The van der Waals surface area contributed by atoms with Crippen molar-refractivity contribution < 1.29 is 28.7 Å². The molecule has 0 spiro atoms. The van der Waals surface area contributed by atoms with Crippen LogP contribution in [0.15, 0.2) is 24.3 Å². The molecule has 37 heavy (non-hydrogen) atoms. The quantitative estimate of drug-likeness (QED) is 0.259. The molecule has 9 nitrogen and oxygen atoms in total. The Morgan fingerprint density at radius 2 is 1.95 bits per heavy atom. The number of aldehydes is 1. The largest absolute Gasteiger partial charge is 0.445 e. The molecule has 2 N–H and O–H groups in total. The van der Waals surface area contributed by atoms with Gasteiger partial charge in [-0.15, -0.1) is 0 Å². The normalized spacial score (nSPS) is 15.3. The van der Waals surface area contributed by atoms with Crippen LogP contribution in [0.4, 0.5) is 4.79 Å². The number of hydrogen-bond acceptors (Lipinski definition) is 6. The van der Waals surface area contributed by atoms with Gasteiger partial charge in [0.25, 0.3) is 0 Å². The van der Waals surface area contributed by atoms with Crippen LogP contribution in [0.1, 0.15) is 63.9 Å². The number of carbonyl (C=O) groups is 4. The van der Waals surface area contributed by atoms with Crippen molar-refractivity contribution in [2.75, 3.05) is 26.8 Å². The van der Waals surface area contributed by atoms with Crippen LogP contribution in [0.2, 0.25) is 5.02 Å². The van der Waals surface area contributed by atoms with E-state index in [1.165, 1.54) is 6.42 Å². The van der Waals surface area contributed by atoms with Gasteiger partial charge in [0.1, 0.15) is 18.9 Å². The predicted octanol–water partition coefficient (Wildman–Crippen LogP) is 3.86. The first kappa shape index (κ1) is 30.6. The summed E-state index contributed by atoms with van der Waals surface area (Å²) >= 11 is 5.98. The van der Waals surface area contributed by atoms with Gasteiger partial charge >= 0.3 is 6.09 Å². The van der Waals surface area contributed by atoms with E-state index in [0.29, 0.717) is 43.4 Å². The Morgan fingerprint density at radius 1 is 1.19 bits per heavy atom. The molecule has 0 unspecified atom stereocenters. The second-order valence-corrected chi connectivity index (χ2v) is 9.88. The molecule has 0 aliphatic heterocycles. The summed E-state index contributed by atoms with van der Waals surface area (Å²) in [5, 5.41) is 5.92. The van der Waals surface area contributed by atoms with E-state index < -0.39 is 24.1 Å². The third-order valence-corrected chi connectivity index (χ3v) is 6.76. The molecule has 0 aromatic heterocycles. The van der Waals surface area contributed by atoms with Crippen LogP contribution in [0.25, 0.3) is 0 Å². The number of likely N-dealkylation sites (N-methyl/N-ethyl adjacent to an activating group) is 1. The molecule has 1 aromatic rings. The molecule has 10 heteroatoms. The predicted molar refractivity (Wildman–Crippen MR) is 141 cm³/mol. The fourth-order valence-electron chi connectivity index (χ4n) is 4.35. The lowest BCUT2D eigenvalue weighted by Crippen LogP contribution is -2.51. The standard InChI is InChI=1S/C27H40ClN3O6/c1-3-36-15-14-31(2)25(33)13-12-23(18-32)29-26(34)24(17-20-8-5-4-6-9-20)30-27(35)37-19-21-10-7-11-22(28)16-21/h7,10-11,16,18,20,23-24H,3-6,8-9,12-15,17,19H2,1-2H3,(H,29,34)(H,30,35)/t23-,24-/m0/s1. The molecule has 3 amide bonds. The van der Waals surface area contributed by atoms with Gasteiger partial charge in [0.15, 0.2) is 0 Å². The molecule has 1 saturated carbocycles. The van der Waals surface area contributed by atoms with Crippen LogP contribution >= 0.6 is 11.6 Å². The van der Waals surface area contributed by atoms with Crippen LogP contribution < -0.4 is 10.6 Å². The fraction of sp³-hybridized carbons (Fsp3) is 0.630. The van der Waals surface area contributed by atoms with E-state index in [1.807, 2.05) is 6.92 Å². The number of carbonyl (C=O) groups excluding carboxylic acids is 4. The van der Waals surface area contributed by atoms with Gasteiger partial charge in [0.2, 0.25) is 11.8 Å². The van der Waals surface area contributed by atoms with Crippen LogP contribution in [0.3, 0.4) is 0 Å². The molecule has 1 aromatic carbocycles. The monoisotopic (exact) mass is 537 g/mol. The molecular formula is C27H40ClN3O6. The minimum Gasteiger partial charge on any atom is -0.445 e. The molecule has 2 rings (SSSR count). The first-order valence-electron chi connectivity index (χ1n) is 13.1. The van der Waals surface area contributed by atoms with Crippen molar-refractivity contribution in [1.82, 2.24) is 15.5 Å². The van der Waals surface area contributed by atoms with E-state index in [1.54, 1.807) is 36.2 Å². The Balaban J connectivity index is 1.92. The minimum atomic E-state index is -0.845. The molecular weight excluding hydrogens is 498 g/mol. The van der Waals surface area contributed by atoms with E-state index in [4.69, 9.17) is 21.1 Å². The fourth-order valence-corrected chi connectivity index (χ4v) is 4.56.